The van der Waals surface area contributed by atoms with E-state index in [-0.39, 0.29) is 5.97 Å². The second-order valence-corrected chi connectivity index (χ2v) is 3.91. The third kappa shape index (κ3) is 1.56. The fraction of sp³-hybridized carbons (Fsp3) is 0.333. The van der Waals surface area contributed by atoms with Gasteiger partial charge in [-0.25, -0.2) is 4.98 Å². The molecule has 4 nitrogen and oxygen atoms in total. The Balaban J connectivity index is 2.71. The number of rotatable bonds is 1. The van der Waals surface area contributed by atoms with Crippen LogP contribution in [-0.2, 0) is 11.8 Å². The molecule has 0 spiro atoms. The van der Waals surface area contributed by atoms with Crippen LogP contribution in [0, 0.1) is 13.8 Å². The molecule has 0 atom stereocenters. The molecule has 4 heteroatoms. The van der Waals surface area contributed by atoms with Gasteiger partial charge in [-0.3, -0.25) is 4.79 Å². The van der Waals surface area contributed by atoms with Crippen molar-refractivity contribution in [1.29, 1.82) is 0 Å². The first-order chi connectivity index (χ1) is 7.50. The summed E-state index contributed by atoms with van der Waals surface area (Å²) in [7, 11) is 1.94. The van der Waals surface area contributed by atoms with Crippen LogP contribution in [0.15, 0.2) is 12.3 Å². The maximum atomic E-state index is 11.0. The van der Waals surface area contributed by atoms with Crippen molar-refractivity contribution >= 4 is 17.0 Å². The number of carbonyl (C=O) groups is 1. The number of aromatic nitrogens is 2. The predicted octanol–water partition coefficient (Wildman–Crippen LogP) is 2.12. The summed E-state index contributed by atoms with van der Waals surface area (Å²) in [5.74, 6) is 0.259. The van der Waals surface area contributed by atoms with Crippen LogP contribution in [0.4, 0.5) is 0 Å². The molecule has 0 saturated carbocycles. The van der Waals surface area contributed by atoms with Gasteiger partial charge in [-0.2, -0.15) is 0 Å². The van der Waals surface area contributed by atoms with E-state index >= 15 is 0 Å². The van der Waals surface area contributed by atoms with Crippen molar-refractivity contribution < 1.29 is 9.53 Å². The van der Waals surface area contributed by atoms with E-state index in [2.05, 4.69) is 4.98 Å². The summed E-state index contributed by atoms with van der Waals surface area (Å²) in [5.41, 5.74) is 2.60. The summed E-state index contributed by atoms with van der Waals surface area (Å²) < 4.78 is 7.13. The molecule has 0 aliphatic carbocycles. The topological polar surface area (TPSA) is 44.1 Å². The Morgan fingerprint density at radius 1 is 1.44 bits per heavy atom. The third-order valence-corrected chi connectivity index (χ3v) is 2.63. The van der Waals surface area contributed by atoms with E-state index in [0.717, 1.165) is 22.3 Å². The molecule has 0 aliphatic heterocycles. The molecule has 0 aromatic carbocycles. The second-order valence-electron chi connectivity index (χ2n) is 3.91. The highest BCUT2D eigenvalue weighted by molar-refractivity contribution is 5.84. The minimum atomic E-state index is -0.316. The highest BCUT2D eigenvalue weighted by Crippen LogP contribution is 2.29. The molecule has 84 valence electrons. The highest BCUT2D eigenvalue weighted by Gasteiger charge is 2.13. The first-order valence-corrected chi connectivity index (χ1v) is 5.11. The van der Waals surface area contributed by atoms with Gasteiger partial charge in [0.1, 0.15) is 5.65 Å². The number of hydrogen-bond acceptors (Lipinski definition) is 3. The average Bonchev–Trinajstić information content (AvgIpc) is 2.55. The molecule has 2 aromatic heterocycles. The van der Waals surface area contributed by atoms with Crippen molar-refractivity contribution in [2.45, 2.75) is 20.8 Å². The zero-order chi connectivity index (χ0) is 11.9. The van der Waals surface area contributed by atoms with Crippen LogP contribution in [-0.4, -0.2) is 15.5 Å². The first kappa shape index (κ1) is 10.7. The van der Waals surface area contributed by atoms with E-state index in [9.17, 15) is 4.79 Å². The summed E-state index contributed by atoms with van der Waals surface area (Å²) in [6.07, 6.45) is 1.95. The van der Waals surface area contributed by atoms with Gasteiger partial charge in [0.2, 0.25) is 0 Å². The SMILES string of the molecule is CC(=O)Oc1c(C)nc2c(ccn2C)c1C. The number of nitrogens with zero attached hydrogens (tertiary/aromatic N) is 2. The zero-order valence-electron chi connectivity index (χ0n) is 9.87. The van der Waals surface area contributed by atoms with Gasteiger partial charge in [0.15, 0.2) is 5.75 Å². The third-order valence-electron chi connectivity index (χ3n) is 2.63. The number of aryl methyl sites for hydroxylation is 3. The van der Waals surface area contributed by atoms with Crippen molar-refractivity contribution in [3.05, 3.63) is 23.5 Å². The highest BCUT2D eigenvalue weighted by atomic mass is 16.5. The van der Waals surface area contributed by atoms with Crippen LogP contribution >= 0.6 is 0 Å². The largest absolute Gasteiger partial charge is 0.424 e. The first-order valence-electron chi connectivity index (χ1n) is 5.11. The van der Waals surface area contributed by atoms with E-state index < -0.39 is 0 Å². The number of hydrogen-bond donors (Lipinski definition) is 0. The predicted molar refractivity (Wildman–Crippen MR) is 61.5 cm³/mol. The number of carbonyl (C=O) groups excluding carboxylic acids is 1. The number of pyridine rings is 1. The smallest absolute Gasteiger partial charge is 0.308 e. The van der Waals surface area contributed by atoms with Crippen molar-refractivity contribution in [2.24, 2.45) is 7.05 Å². The second kappa shape index (κ2) is 3.63. The molecule has 0 amide bonds. The molecule has 2 aromatic rings. The lowest BCUT2D eigenvalue weighted by molar-refractivity contribution is -0.131. The van der Waals surface area contributed by atoms with E-state index in [1.165, 1.54) is 6.92 Å². The fourth-order valence-corrected chi connectivity index (χ4v) is 1.85. The molecule has 2 rings (SSSR count). The Kier molecular flexibility index (Phi) is 2.42. The van der Waals surface area contributed by atoms with Crippen LogP contribution in [0.1, 0.15) is 18.2 Å². The lowest BCUT2D eigenvalue weighted by Gasteiger charge is -2.09. The summed E-state index contributed by atoms with van der Waals surface area (Å²) in [6, 6.07) is 1.98. The Morgan fingerprint density at radius 3 is 2.75 bits per heavy atom. The quantitative estimate of drug-likeness (QED) is 0.688. The molecule has 0 aliphatic rings. The van der Waals surface area contributed by atoms with E-state index in [4.69, 9.17) is 4.74 Å². The van der Waals surface area contributed by atoms with Gasteiger partial charge in [0, 0.05) is 31.1 Å². The van der Waals surface area contributed by atoms with Crippen molar-refractivity contribution in [2.75, 3.05) is 0 Å². The number of esters is 1. The van der Waals surface area contributed by atoms with Gasteiger partial charge in [-0.1, -0.05) is 0 Å². The summed E-state index contributed by atoms with van der Waals surface area (Å²) in [4.78, 5) is 15.4. The Bertz CT molecular complexity index is 570. The Morgan fingerprint density at radius 2 is 2.12 bits per heavy atom. The van der Waals surface area contributed by atoms with E-state index in [1.54, 1.807) is 0 Å². The molecule has 0 fully saturated rings. The molecular weight excluding hydrogens is 204 g/mol. The van der Waals surface area contributed by atoms with Crippen LogP contribution in [0.2, 0.25) is 0 Å². The maximum Gasteiger partial charge on any atom is 0.308 e. The van der Waals surface area contributed by atoms with E-state index in [1.807, 2.05) is 37.7 Å². The monoisotopic (exact) mass is 218 g/mol. The summed E-state index contributed by atoms with van der Waals surface area (Å²) in [6.45, 7) is 5.18. The molecule has 0 radical (unpaired) electrons. The summed E-state index contributed by atoms with van der Waals surface area (Å²) in [5, 5.41) is 1.02. The lowest BCUT2D eigenvalue weighted by Crippen LogP contribution is -2.06. The normalized spacial score (nSPS) is 10.8. The van der Waals surface area contributed by atoms with Gasteiger partial charge >= 0.3 is 5.97 Å². The molecule has 0 unspecified atom stereocenters. The van der Waals surface area contributed by atoms with Crippen LogP contribution < -0.4 is 4.74 Å². The van der Waals surface area contributed by atoms with Gasteiger partial charge < -0.3 is 9.30 Å². The molecule has 2 heterocycles. The summed E-state index contributed by atoms with van der Waals surface area (Å²) >= 11 is 0. The minimum Gasteiger partial charge on any atom is -0.424 e. The molecule has 16 heavy (non-hydrogen) atoms. The average molecular weight is 218 g/mol. The van der Waals surface area contributed by atoms with Gasteiger partial charge in [-0.15, -0.1) is 0 Å². The zero-order valence-corrected chi connectivity index (χ0v) is 9.87. The van der Waals surface area contributed by atoms with Crippen molar-refractivity contribution in [3.63, 3.8) is 0 Å². The molecular formula is C12H14N2O2. The van der Waals surface area contributed by atoms with Crippen molar-refractivity contribution in [1.82, 2.24) is 9.55 Å². The standard InChI is InChI=1S/C12H14N2O2/c1-7-10-5-6-14(4)12(10)13-8(2)11(7)16-9(3)15/h5-6H,1-4H3. The Labute approximate surface area is 93.9 Å². The number of fused-ring (bicyclic) bond motifs is 1. The fourth-order valence-electron chi connectivity index (χ4n) is 1.85. The van der Waals surface area contributed by atoms with Crippen molar-refractivity contribution in [3.8, 4) is 5.75 Å². The van der Waals surface area contributed by atoms with Gasteiger partial charge in [0.25, 0.3) is 0 Å². The molecule has 0 N–H and O–H groups in total. The minimum absolute atomic E-state index is 0.316. The molecule has 0 bridgehead atoms. The van der Waals surface area contributed by atoms with Crippen LogP contribution in [0.3, 0.4) is 0 Å². The van der Waals surface area contributed by atoms with Crippen LogP contribution in [0.5, 0.6) is 5.75 Å². The molecule has 0 saturated heterocycles. The van der Waals surface area contributed by atoms with Gasteiger partial charge in [0.05, 0.1) is 5.69 Å². The maximum absolute atomic E-state index is 11.0. The number of ether oxygens (including phenoxy) is 1. The van der Waals surface area contributed by atoms with Crippen LogP contribution in [0.25, 0.3) is 11.0 Å². The van der Waals surface area contributed by atoms with Gasteiger partial charge in [-0.05, 0) is 19.9 Å². The van der Waals surface area contributed by atoms with E-state index in [0.29, 0.717) is 5.75 Å². The lowest BCUT2D eigenvalue weighted by atomic mass is 10.1. The Hall–Kier alpha value is -1.84.